The van der Waals surface area contributed by atoms with Gasteiger partial charge in [0.15, 0.2) is 0 Å². The third kappa shape index (κ3) is 4.56. The van der Waals surface area contributed by atoms with E-state index in [9.17, 15) is 9.59 Å². The van der Waals surface area contributed by atoms with Crippen molar-refractivity contribution in [1.29, 1.82) is 0 Å². The molecule has 0 saturated carbocycles. The number of anilines is 1. The Morgan fingerprint density at radius 3 is 2.81 bits per heavy atom. The molecule has 2 amide bonds. The van der Waals surface area contributed by atoms with Gasteiger partial charge in [-0.15, -0.1) is 0 Å². The van der Waals surface area contributed by atoms with Gasteiger partial charge < -0.3 is 16.0 Å². The number of nitrogens with one attached hydrogen (secondary N) is 3. The highest BCUT2D eigenvalue weighted by Gasteiger charge is 2.21. The van der Waals surface area contributed by atoms with Crippen LogP contribution in [0.2, 0.25) is 0 Å². The Morgan fingerprint density at radius 1 is 1.33 bits per heavy atom. The Kier molecular flexibility index (Phi) is 5.33. The van der Waals surface area contributed by atoms with Gasteiger partial charge >= 0.3 is 0 Å². The van der Waals surface area contributed by atoms with Crippen LogP contribution in [0.4, 0.5) is 5.69 Å². The Hall–Kier alpha value is -1.88. The number of rotatable bonds is 4. The van der Waals surface area contributed by atoms with Gasteiger partial charge in [0, 0.05) is 23.8 Å². The lowest BCUT2D eigenvalue weighted by Gasteiger charge is -2.22. The van der Waals surface area contributed by atoms with Gasteiger partial charge in [-0.3, -0.25) is 9.59 Å². The number of amides is 2. The van der Waals surface area contributed by atoms with Crippen molar-refractivity contribution in [2.75, 3.05) is 18.4 Å². The molecule has 1 aromatic rings. The van der Waals surface area contributed by atoms with Crippen LogP contribution in [-0.4, -0.2) is 30.9 Å². The molecule has 21 heavy (non-hydrogen) atoms. The van der Waals surface area contributed by atoms with E-state index >= 15 is 0 Å². The van der Waals surface area contributed by atoms with E-state index in [-0.39, 0.29) is 23.8 Å². The zero-order valence-corrected chi connectivity index (χ0v) is 12.6. The van der Waals surface area contributed by atoms with E-state index in [2.05, 4.69) is 16.0 Å². The molecule has 1 aliphatic rings. The molecule has 1 heterocycles. The molecular weight excluding hydrogens is 266 g/mol. The minimum absolute atomic E-state index is 0.00639. The fourth-order valence-electron chi connectivity index (χ4n) is 2.40. The largest absolute Gasteiger partial charge is 0.350 e. The van der Waals surface area contributed by atoms with Crippen LogP contribution in [0.1, 0.15) is 37.0 Å². The van der Waals surface area contributed by atoms with Gasteiger partial charge in [-0.2, -0.15) is 0 Å². The van der Waals surface area contributed by atoms with Crippen LogP contribution in [0.25, 0.3) is 0 Å². The first kappa shape index (κ1) is 15.5. The molecule has 0 aromatic heterocycles. The summed E-state index contributed by atoms with van der Waals surface area (Å²) in [4.78, 5) is 24.1. The van der Waals surface area contributed by atoms with Crippen molar-refractivity contribution >= 4 is 17.5 Å². The number of carbonyl (C=O) groups is 2. The van der Waals surface area contributed by atoms with Crippen LogP contribution in [-0.2, 0) is 4.79 Å². The van der Waals surface area contributed by atoms with Crippen LogP contribution in [0.5, 0.6) is 0 Å². The smallest absolute Gasteiger partial charge is 0.251 e. The number of piperidine rings is 1. The monoisotopic (exact) mass is 289 g/mol. The molecule has 3 N–H and O–H groups in total. The first-order valence-corrected chi connectivity index (χ1v) is 7.49. The molecule has 1 atom stereocenters. The van der Waals surface area contributed by atoms with E-state index in [0.717, 1.165) is 25.9 Å². The summed E-state index contributed by atoms with van der Waals surface area (Å²) in [6.07, 6.45) is 1.93. The van der Waals surface area contributed by atoms with Gasteiger partial charge in [-0.05, 0) is 51.4 Å². The van der Waals surface area contributed by atoms with E-state index in [0.29, 0.717) is 11.3 Å². The average Bonchev–Trinajstić information content (AvgIpc) is 2.47. The first-order valence-electron chi connectivity index (χ1n) is 7.49. The maximum absolute atomic E-state index is 12.2. The van der Waals surface area contributed by atoms with E-state index < -0.39 is 0 Å². The predicted molar refractivity (Wildman–Crippen MR) is 83.3 cm³/mol. The molecule has 5 nitrogen and oxygen atoms in total. The zero-order chi connectivity index (χ0) is 15.2. The van der Waals surface area contributed by atoms with Crippen LogP contribution in [0, 0.1) is 5.92 Å². The summed E-state index contributed by atoms with van der Waals surface area (Å²) >= 11 is 0. The zero-order valence-electron chi connectivity index (χ0n) is 12.6. The first-order chi connectivity index (χ1) is 10.1. The predicted octanol–water partition coefficient (Wildman–Crippen LogP) is 1.76. The fourth-order valence-corrected chi connectivity index (χ4v) is 2.40. The number of benzene rings is 1. The molecule has 5 heteroatoms. The van der Waals surface area contributed by atoms with Crippen molar-refractivity contribution in [3.05, 3.63) is 29.8 Å². The highest BCUT2D eigenvalue weighted by Crippen LogP contribution is 2.15. The van der Waals surface area contributed by atoms with E-state index in [1.807, 2.05) is 13.8 Å². The molecule has 1 unspecified atom stereocenters. The minimum atomic E-state index is -0.125. The maximum atomic E-state index is 12.2. The third-order valence-electron chi connectivity index (χ3n) is 3.48. The summed E-state index contributed by atoms with van der Waals surface area (Å²) in [7, 11) is 0. The van der Waals surface area contributed by atoms with E-state index in [1.54, 1.807) is 24.3 Å². The molecule has 1 aromatic carbocycles. The topological polar surface area (TPSA) is 70.2 Å². The van der Waals surface area contributed by atoms with Crippen molar-refractivity contribution in [2.45, 2.75) is 32.7 Å². The van der Waals surface area contributed by atoms with Gasteiger partial charge in [-0.25, -0.2) is 0 Å². The molecule has 2 rings (SSSR count). The lowest BCUT2D eigenvalue weighted by molar-refractivity contribution is -0.120. The molecule has 114 valence electrons. The number of hydrogen-bond acceptors (Lipinski definition) is 3. The van der Waals surface area contributed by atoms with E-state index in [4.69, 9.17) is 0 Å². The molecule has 0 spiro atoms. The van der Waals surface area contributed by atoms with Gasteiger partial charge in [0.1, 0.15) is 0 Å². The Balaban J connectivity index is 2.00. The summed E-state index contributed by atoms with van der Waals surface area (Å²) in [6.45, 7) is 5.53. The van der Waals surface area contributed by atoms with Crippen LogP contribution >= 0.6 is 0 Å². The summed E-state index contributed by atoms with van der Waals surface area (Å²) in [6, 6.07) is 7.13. The standard InChI is InChI=1S/C16H23N3O2/c1-11(2)18-15(20)12-5-3-7-14(9-12)19-16(21)13-6-4-8-17-10-13/h3,5,7,9,11,13,17H,4,6,8,10H2,1-2H3,(H,18,20)(H,19,21). The second-order valence-electron chi connectivity index (χ2n) is 5.74. The second kappa shape index (κ2) is 7.22. The van der Waals surface area contributed by atoms with Gasteiger partial charge in [0.25, 0.3) is 5.91 Å². The Bertz CT molecular complexity index is 508. The molecule has 1 aliphatic heterocycles. The highest BCUT2D eigenvalue weighted by atomic mass is 16.2. The highest BCUT2D eigenvalue weighted by molar-refractivity contribution is 5.97. The van der Waals surface area contributed by atoms with Gasteiger partial charge in [-0.1, -0.05) is 6.07 Å². The van der Waals surface area contributed by atoms with Crippen LogP contribution in [0.3, 0.4) is 0 Å². The summed E-state index contributed by atoms with van der Waals surface area (Å²) in [5.74, 6) is -0.101. The van der Waals surface area contributed by atoms with Crippen molar-refractivity contribution in [1.82, 2.24) is 10.6 Å². The lowest BCUT2D eigenvalue weighted by atomic mass is 9.98. The Labute approximate surface area is 125 Å². The quantitative estimate of drug-likeness (QED) is 0.791. The average molecular weight is 289 g/mol. The maximum Gasteiger partial charge on any atom is 0.251 e. The number of hydrogen-bond donors (Lipinski definition) is 3. The fraction of sp³-hybridized carbons (Fsp3) is 0.500. The van der Waals surface area contributed by atoms with Crippen molar-refractivity contribution in [2.24, 2.45) is 5.92 Å². The third-order valence-corrected chi connectivity index (χ3v) is 3.48. The second-order valence-corrected chi connectivity index (χ2v) is 5.74. The van der Waals surface area contributed by atoms with Crippen molar-refractivity contribution < 1.29 is 9.59 Å². The molecule has 1 saturated heterocycles. The normalized spacial score (nSPS) is 18.3. The van der Waals surface area contributed by atoms with Gasteiger partial charge in [0.05, 0.1) is 5.92 Å². The van der Waals surface area contributed by atoms with Crippen LogP contribution < -0.4 is 16.0 Å². The minimum Gasteiger partial charge on any atom is -0.350 e. The number of carbonyl (C=O) groups excluding carboxylic acids is 2. The molecule has 1 fully saturated rings. The molecule has 0 radical (unpaired) electrons. The lowest BCUT2D eigenvalue weighted by Crippen LogP contribution is -2.37. The van der Waals surface area contributed by atoms with Gasteiger partial charge in [0.2, 0.25) is 5.91 Å². The molecule has 0 aliphatic carbocycles. The van der Waals surface area contributed by atoms with E-state index in [1.165, 1.54) is 0 Å². The van der Waals surface area contributed by atoms with Crippen molar-refractivity contribution in [3.8, 4) is 0 Å². The molecule has 0 bridgehead atoms. The van der Waals surface area contributed by atoms with Crippen LogP contribution in [0.15, 0.2) is 24.3 Å². The summed E-state index contributed by atoms with van der Waals surface area (Å²) < 4.78 is 0. The summed E-state index contributed by atoms with van der Waals surface area (Å²) in [5.41, 5.74) is 1.23. The Morgan fingerprint density at radius 2 is 2.14 bits per heavy atom. The van der Waals surface area contributed by atoms with Crippen molar-refractivity contribution in [3.63, 3.8) is 0 Å². The summed E-state index contributed by atoms with van der Waals surface area (Å²) in [5, 5.41) is 8.97. The molecular formula is C16H23N3O2. The SMILES string of the molecule is CC(C)NC(=O)c1cccc(NC(=O)C2CCCNC2)c1.